The Morgan fingerprint density at radius 2 is 2.04 bits per heavy atom. The van der Waals surface area contributed by atoms with E-state index in [9.17, 15) is 14.7 Å². The summed E-state index contributed by atoms with van der Waals surface area (Å²) in [6, 6.07) is 9.26. The summed E-state index contributed by atoms with van der Waals surface area (Å²) in [5.41, 5.74) is 1.93. The van der Waals surface area contributed by atoms with Crippen molar-refractivity contribution in [2.75, 3.05) is 6.54 Å². The number of carboxylic acids is 1. The molecule has 0 aliphatic carbocycles. The minimum Gasteiger partial charge on any atom is -0.480 e. The van der Waals surface area contributed by atoms with E-state index in [2.05, 4.69) is 4.98 Å². The van der Waals surface area contributed by atoms with Crippen LogP contribution in [0.25, 0.3) is 0 Å². The van der Waals surface area contributed by atoms with Gasteiger partial charge in [-0.2, -0.15) is 0 Å². The van der Waals surface area contributed by atoms with Crippen LogP contribution in [0.3, 0.4) is 0 Å². The van der Waals surface area contributed by atoms with Crippen molar-refractivity contribution >= 4 is 11.9 Å². The maximum atomic E-state index is 12.5. The number of aromatic nitrogens is 2. The van der Waals surface area contributed by atoms with Crippen molar-refractivity contribution in [1.29, 1.82) is 0 Å². The number of carboxylic acid groups (broad SMARTS) is 1. The molecule has 0 saturated carbocycles. The first-order valence-electron chi connectivity index (χ1n) is 7.70. The highest BCUT2D eigenvalue weighted by atomic mass is 16.4. The van der Waals surface area contributed by atoms with Crippen LogP contribution in [0.5, 0.6) is 0 Å². The van der Waals surface area contributed by atoms with E-state index in [4.69, 9.17) is 0 Å². The lowest BCUT2D eigenvalue weighted by Gasteiger charge is -2.21. The zero-order valence-corrected chi connectivity index (χ0v) is 12.8. The zero-order chi connectivity index (χ0) is 16.2. The highest BCUT2D eigenvalue weighted by Crippen LogP contribution is 2.19. The molecule has 3 rings (SSSR count). The molecule has 6 nitrogen and oxygen atoms in total. The molecular formula is C17H19N3O3. The molecule has 0 unspecified atom stereocenters. The Kier molecular flexibility index (Phi) is 4.41. The Morgan fingerprint density at radius 3 is 2.78 bits per heavy atom. The van der Waals surface area contributed by atoms with Gasteiger partial charge in [0.25, 0.3) is 0 Å². The summed E-state index contributed by atoms with van der Waals surface area (Å²) >= 11 is 0. The summed E-state index contributed by atoms with van der Waals surface area (Å²) in [6.07, 6.45) is 4.83. The van der Waals surface area contributed by atoms with Gasteiger partial charge in [-0.15, -0.1) is 0 Å². The van der Waals surface area contributed by atoms with Crippen molar-refractivity contribution in [3.05, 3.63) is 54.1 Å². The first-order valence-corrected chi connectivity index (χ1v) is 7.70. The second kappa shape index (κ2) is 6.64. The molecule has 1 aliphatic heterocycles. The fraction of sp³-hybridized carbons (Fsp3) is 0.353. The standard InChI is InChI=1S/C17H19N3O3/c21-16(20-8-4-7-15(20)17(22)23)9-14-10-18-12-19(14)11-13-5-2-1-3-6-13/h1-3,5-6,10,12,15H,4,7-9,11H2,(H,22,23)/t15-/m1/s1. The van der Waals surface area contributed by atoms with Gasteiger partial charge in [0, 0.05) is 25.0 Å². The van der Waals surface area contributed by atoms with Crippen molar-refractivity contribution < 1.29 is 14.7 Å². The summed E-state index contributed by atoms with van der Waals surface area (Å²) in [4.78, 5) is 29.3. The SMILES string of the molecule is O=C(O)[C@H]1CCCN1C(=O)Cc1cncn1Cc1ccccc1. The van der Waals surface area contributed by atoms with Crippen molar-refractivity contribution in [1.82, 2.24) is 14.5 Å². The molecule has 0 spiro atoms. The summed E-state index contributed by atoms with van der Waals surface area (Å²) in [7, 11) is 0. The molecule has 1 N–H and O–H groups in total. The van der Waals surface area contributed by atoms with Crippen LogP contribution in [0.1, 0.15) is 24.1 Å². The average molecular weight is 313 g/mol. The molecule has 1 amide bonds. The molecular weight excluding hydrogens is 294 g/mol. The second-order valence-corrected chi connectivity index (χ2v) is 5.76. The van der Waals surface area contributed by atoms with E-state index >= 15 is 0 Å². The molecule has 23 heavy (non-hydrogen) atoms. The van der Waals surface area contributed by atoms with Crippen LogP contribution in [-0.4, -0.2) is 44.0 Å². The third-order valence-electron chi connectivity index (χ3n) is 4.18. The molecule has 1 saturated heterocycles. The topological polar surface area (TPSA) is 75.4 Å². The molecule has 1 aromatic carbocycles. The molecule has 0 bridgehead atoms. The van der Waals surface area contributed by atoms with Gasteiger partial charge in [-0.1, -0.05) is 30.3 Å². The number of imidazole rings is 1. The van der Waals surface area contributed by atoms with Crippen molar-refractivity contribution in [2.45, 2.75) is 31.8 Å². The van der Waals surface area contributed by atoms with E-state index in [1.807, 2.05) is 34.9 Å². The van der Waals surface area contributed by atoms with E-state index in [0.717, 1.165) is 17.7 Å². The van der Waals surface area contributed by atoms with Crippen LogP contribution in [0.15, 0.2) is 42.9 Å². The van der Waals surface area contributed by atoms with Gasteiger partial charge in [-0.05, 0) is 18.4 Å². The number of benzene rings is 1. The number of amides is 1. The lowest BCUT2D eigenvalue weighted by molar-refractivity contribution is -0.148. The third kappa shape index (κ3) is 3.41. The van der Waals surface area contributed by atoms with Crippen molar-refractivity contribution in [3.8, 4) is 0 Å². The smallest absolute Gasteiger partial charge is 0.326 e. The molecule has 1 atom stereocenters. The van der Waals surface area contributed by atoms with Gasteiger partial charge in [-0.25, -0.2) is 9.78 Å². The number of aliphatic carboxylic acids is 1. The van der Waals surface area contributed by atoms with Crippen LogP contribution in [0.4, 0.5) is 0 Å². The maximum Gasteiger partial charge on any atom is 0.326 e. The van der Waals surface area contributed by atoms with Crippen LogP contribution in [0.2, 0.25) is 0 Å². The monoisotopic (exact) mass is 313 g/mol. The van der Waals surface area contributed by atoms with Gasteiger partial charge >= 0.3 is 5.97 Å². The van der Waals surface area contributed by atoms with Gasteiger partial charge in [-0.3, -0.25) is 4.79 Å². The third-order valence-corrected chi connectivity index (χ3v) is 4.18. The lowest BCUT2D eigenvalue weighted by Crippen LogP contribution is -2.41. The van der Waals surface area contributed by atoms with Gasteiger partial charge in [0.05, 0.1) is 12.7 Å². The Bertz CT molecular complexity index is 696. The minimum atomic E-state index is -0.923. The fourth-order valence-corrected chi connectivity index (χ4v) is 3.00. The summed E-state index contributed by atoms with van der Waals surface area (Å²) < 4.78 is 1.93. The Morgan fingerprint density at radius 1 is 1.26 bits per heavy atom. The highest BCUT2D eigenvalue weighted by molar-refractivity contribution is 5.85. The lowest BCUT2D eigenvalue weighted by atomic mass is 10.2. The molecule has 120 valence electrons. The minimum absolute atomic E-state index is 0.148. The molecule has 2 aromatic rings. The van der Waals surface area contributed by atoms with Crippen molar-refractivity contribution in [2.24, 2.45) is 0 Å². The number of rotatable bonds is 5. The predicted molar refractivity (Wildman–Crippen MR) is 83.8 cm³/mol. The molecule has 2 heterocycles. The summed E-state index contributed by atoms with van der Waals surface area (Å²) in [5, 5.41) is 9.20. The van der Waals surface area contributed by atoms with Crippen LogP contribution in [0, 0.1) is 0 Å². The number of nitrogens with zero attached hydrogens (tertiary/aromatic N) is 3. The quantitative estimate of drug-likeness (QED) is 0.909. The molecule has 1 fully saturated rings. The summed E-state index contributed by atoms with van der Waals surface area (Å²) in [5.74, 6) is -1.07. The van der Waals surface area contributed by atoms with Gasteiger partial charge < -0.3 is 14.6 Å². The molecule has 1 aromatic heterocycles. The maximum absolute atomic E-state index is 12.5. The first kappa shape index (κ1) is 15.3. The largest absolute Gasteiger partial charge is 0.480 e. The van der Waals surface area contributed by atoms with E-state index in [1.165, 1.54) is 4.90 Å². The number of hydrogen-bond donors (Lipinski definition) is 1. The second-order valence-electron chi connectivity index (χ2n) is 5.76. The van der Waals surface area contributed by atoms with Gasteiger partial charge in [0.2, 0.25) is 5.91 Å². The number of likely N-dealkylation sites (tertiary alicyclic amines) is 1. The number of carbonyl (C=O) groups excluding carboxylic acids is 1. The van der Waals surface area contributed by atoms with Crippen LogP contribution < -0.4 is 0 Å². The van der Waals surface area contributed by atoms with E-state index in [0.29, 0.717) is 19.5 Å². The zero-order valence-electron chi connectivity index (χ0n) is 12.8. The number of carbonyl (C=O) groups is 2. The van der Waals surface area contributed by atoms with E-state index in [1.54, 1.807) is 12.5 Å². The number of hydrogen-bond acceptors (Lipinski definition) is 3. The molecule has 0 radical (unpaired) electrons. The van der Waals surface area contributed by atoms with Gasteiger partial charge in [0.15, 0.2) is 0 Å². The van der Waals surface area contributed by atoms with Crippen LogP contribution in [-0.2, 0) is 22.6 Å². The Balaban J connectivity index is 1.70. The van der Waals surface area contributed by atoms with E-state index < -0.39 is 12.0 Å². The predicted octanol–water partition coefficient (Wildman–Crippen LogP) is 1.55. The van der Waals surface area contributed by atoms with Gasteiger partial charge in [0.1, 0.15) is 6.04 Å². The summed E-state index contributed by atoms with van der Waals surface area (Å²) in [6.45, 7) is 1.16. The van der Waals surface area contributed by atoms with E-state index in [-0.39, 0.29) is 12.3 Å². The first-order chi connectivity index (χ1) is 11.1. The Hall–Kier alpha value is -2.63. The molecule has 1 aliphatic rings. The highest BCUT2D eigenvalue weighted by Gasteiger charge is 2.33. The van der Waals surface area contributed by atoms with Crippen molar-refractivity contribution in [3.63, 3.8) is 0 Å². The normalized spacial score (nSPS) is 17.4. The van der Waals surface area contributed by atoms with Crippen LogP contribution >= 0.6 is 0 Å². The Labute approximate surface area is 134 Å². The molecule has 6 heteroatoms. The fourth-order valence-electron chi connectivity index (χ4n) is 3.00. The average Bonchev–Trinajstić information content (AvgIpc) is 3.18.